The summed E-state index contributed by atoms with van der Waals surface area (Å²) in [5.74, 6) is 0.580. The third-order valence-electron chi connectivity index (χ3n) is 4.39. The summed E-state index contributed by atoms with van der Waals surface area (Å²) in [6, 6.07) is 18.1. The van der Waals surface area contributed by atoms with Crippen molar-refractivity contribution in [3.63, 3.8) is 0 Å². The topological polar surface area (TPSA) is 41.6 Å². The predicted molar refractivity (Wildman–Crippen MR) is 107 cm³/mol. The Morgan fingerprint density at radius 3 is 2.19 bits per heavy atom. The molecule has 2 aromatic carbocycles. The van der Waals surface area contributed by atoms with Gasteiger partial charge < -0.3 is 15.0 Å². The van der Waals surface area contributed by atoms with Crippen LogP contribution in [0, 0.1) is 0 Å². The monoisotopic (exact) mass is 354 g/mol. The predicted octanol–water partition coefficient (Wildman–Crippen LogP) is 3.78. The van der Waals surface area contributed by atoms with Crippen molar-refractivity contribution in [3.05, 3.63) is 65.7 Å². The van der Waals surface area contributed by atoms with Crippen molar-refractivity contribution in [3.8, 4) is 5.75 Å². The second-order valence-corrected chi connectivity index (χ2v) is 7.76. The summed E-state index contributed by atoms with van der Waals surface area (Å²) < 4.78 is 5.49. The summed E-state index contributed by atoms with van der Waals surface area (Å²) in [7, 11) is 4.05. The number of hydrogen-bond donors (Lipinski definition) is 1. The van der Waals surface area contributed by atoms with Crippen molar-refractivity contribution >= 4 is 5.91 Å². The van der Waals surface area contributed by atoms with Gasteiger partial charge in [-0.2, -0.15) is 0 Å². The summed E-state index contributed by atoms with van der Waals surface area (Å²) in [4.78, 5) is 14.2. The number of carbonyl (C=O) groups is 1. The average molecular weight is 354 g/mol. The first kappa shape index (κ1) is 20.0. The van der Waals surface area contributed by atoms with Crippen molar-refractivity contribution in [2.75, 3.05) is 27.2 Å². The van der Waals surface area contributed by atoms with Gasteiger partial charge >= 0.3 is 0 Å². The van der Waals surface area contributed by atoms with Crippen LogP contribution in [0.1, 0.15) is 37.9 Å². The van der Waals surface area contributed by atoms with Crippen LogP contribution >= 0.6 is 0 Å². The Kier molecular flexibility index (Phi) is 6.81. The van der Waals surface area contributed by atoms with Crippen molar-refractivity contribution in [1.82, 2.24) is 10.2 Å². The maximum Gasteiger partial charge on any atom is 0.258 e. The molecule has 0 aliphatic heterocycles. The fraction of sp³-hybridized carbons (Fsp3) is 0.409. The molecule has 0 bridgehead atoms. The Morgan fingerprint density at radius 1 is 1.04 bits per heavy atom. The number of benzene rings is 2. The normalized spacial score (nSPS) is 12.7. The molecule has 0 radical (unpaired) electrons. The summed E-state index contributed by atoms with van der Waals surface area (Å²) >= 11 is 0. The van der Waals surface area contributed by atoms with E-state index in [1.165, 1.54) is 11.1 Å². The number of likely N-dealkylation sites (N-methyl/N-ethyl adjacent to an activating group) is 1. The van der Waals surface area contributed by atoms with Gasteiger partial charge in [-0.1, -0.05) is 63.2 Å². The summed E-state index contributed by atoms with van der Waals surface area (Å²) in [6.45, 7) is 7.18. The van der Waals surface area contributed by atoms with E-state index in [4.69, 9.17) is 4.74 Å². The van der Waals surface area contributed by atoms with Crippen LogP contribution in [0.4, 0.5) is 0 Å². The minimum Gasteiger partial charge on any atom is -0.484 e. The van der Waals surface area contributed by atoms with Gasteiger partial charge in [0.1, 0.15) is 5.75 Å². The molecule has 26 heavy (non-hydrogen) atoms. The number of rotatable bonds is 7. The highest BCUT2D eigenvalue weighted by atomic mass is 16.5. The number of nitrogens with zero attached hydrogens (tertiary/aromatic N) is 1. The fourth-order valence-electron chi connectivity index (χ4n) is 2.73. The number of carbonyl (C=O) groups excluding carboxylic acids is 1. The molecule has 0 saturated carbocycles. The van der Waals surface area contributed by atoms with Gasteiger partial charge in [0.05, 0.1) is 6.04 Å². The van der Waals surface area contributed by atoms with Crippen LogP contribution in [0.3, 0.4) is 0 Å². The van der Waals surface area contributed by atoms with E-state index in [1.807, 2.05) is 44.4 Å². The van der Waals surface area contributed by atoms with Crippen molar-refractivity contribution < 1.29 is 9.53 Å². The standard InChI is InChI=1S/C22H30N2O2/c1-22(2,3)18-13-11-17(12-14-18)20(24(4)5)15-23-21(25)16-26-19-9-7-6-8-10-19/h6-14,20H,15-16H2,1-5H3,(H,23,25)/t20-/m1/s1. The lowest BCUT2D eigenvalue weighted by molar-refractivity contribution is -0.123. The first-order valence-corrected chi connectivity index (χ1v) is 8.99. The summed E-state index contributed by atoms with van der Waals surface area (Å²) in [5, 5.41) is 2.97. The van der Waals surface area contributed by atoms with E-state index in [-0.39, 0.29) is 24.0 Å². The Morgan fingerprint density at radius 2 is 1.65 bits per heavy atom. The second-order valence-electron chi connectivity index (χ2n) is 7.76. The van der Waals surface area contributed by atoms with E-state index in [2.05, 4.69) is 55.3 Å². The largest absolute Gasteiger partial charge is 0.484 e. The second kappa shape index (κ2) is 8.86. The van der Waals surface area contributed by atoms with E-state index < -0.39 is 0 Å². The van der Waals surface area contributed by atoms with Gasteiger partial charge in [-0.3, -0.25) is 4.79 Å². The van der Waals surface area contributed by atoms with E-state index in [0.29, 0.717) is 12.3 Å². The Hall–Kier alpha value is -2.33. The van der Waals surface area contributed by atoms with Gasteiger partial charge in [-0.05, 0) is 42.8 Å². The number of amides is 1. The number of hydrogen-bond acceptors (Lipinski definition) is 3. The summed E-state index contributed by atoms with van der Waals surface area (Å²) in [6.07, 6.45) is 0. The lowest BCUT2D eigenvalue weighted by Gasteiger charge is -2.26. The Bertz CT molecular complexity index is 688. The third kappa shape index (κ3) is 5.88. The Labute approximate surface area is 157 Å². The fourth-order valence-corrected chi connectivity index (χ4v) is 2.73. The molecule has 0 fully saturated rings. The molecule has 0 heterocycles. The lowest BCUT2D eigenvalue weighted by atomic mass is 9.86. The molecule has 0 aromatic heterocycles. The number of ether oxygens (including phenoxy) is 1. The molecule has 4 nitrogen and oxygen atoms in total. The molecular formula is C22H30N2O2. The van der Waals surface area contributed by atoms with Crippen LogP contribution < -0.4 is 10.1 Å². The molecule has 1 atom stereocenters. The first-order valence-electron chi connectivity index (χ1n) is 8.99. The molecule has 140 valence electrons. The third-order valence-corrected chi connectivity index (χ3v) is 4.39. The van der Waals surface area contributed by atoms with Crippen molar-refractivity contribution in [2.24, 2.45) is 0 Å². The van der Waals surface area contributed by atoms with E-state index >= 15 is 0 Å². The van der Waals surface area contributed by atoms with Crippen LogP contribution in [0.2, 0.25) is 0 Å². The smallest absolute Gasteiger partial charge is 0.258 e. The average Bonchev–Trinajstić information content (AvgIpc) is 2.60. The molecule has 4 heteroatoms. The van der Waals surface area contributed by atoms with Gasteiger partial charge in [0.25, 0.3) is 5.91 Å². The van der Waals surface area contributed by atoms with Crippen LogP contribution in [0.5, 0.6) is 5.75 Å². The van der Waals surface area contributed by atoms with E-state index in [9.17, 15) is 4.79 Å². The molecule has 0 saturated heterocycles. The van der Waals surface area contributed by atoms with Gasteiger partial charge in [0.2, 0.25) is 0 Å². The molecule has 1 N–H and O–H groups in total. The van der Waals surface area contributed by atoms with E-state index in [0.717, 1.165) is 0 Å². The minimum absolute atomic E-state index is 0.0210. The van der Waals surface area contributed by atoms with Crippen LogP contribution in [0.25, 0.3) is 0 Å². The lowest BCUT2D eigenvalue weighted by Crippen LogP contribution is -2.36. The first-order chi connectivity index (χ1) is 12.3. The van der Waals surface area contributed by atoms with Gasteiger partial charge in [-0.25, -0.2) is 0 Å². The highest BCUT2D eigenvalue weighted by molar-refractivity contribution is 5.77. The molecule has 2 aromatic rings. The van der Waals surface area contributed by atoms with Gasteiger partial charge in [0, 0.05) is 6.54 Å². The molecule has 0 aliphatic rings. The maximum absolute atomic E-state index is 12.1. The quantitative estimate of drug-likeness (QED) is 0.823. The van der Waals surface area contributed by atoms with Crippen molar-refractivity contribution in [2.45, 2.75) is 32.2 Å². The molecular weight excluding hydrogens is 324 g/mol. The maximum atomic E-state index is 12.1. The molecule has 0 unspecified atom stereocenters. The zero-order valence-electron chi connectivity index (χ0n) is 16.5. The molecule has 0 aliphatic carbocycles. The molecule has 2 rings (SSSR count). The van der Waals surface area contributed by atoms with Gasteiger partial charge in [-0.15, -0.1) is 0 Å². The minimum atomic E-state index is -0.119. The zero-order valence-corrected chi connectivity index (χ0v) is 16.5. The van der Waals surface area contributed by atoms with Crippen LogP contribution in [0.15, 0.2) is 54.6 Å². The van der Waals surface area contributed by atoms with Crippen molar-refractivity contribution in [1.29, 1.82) is 0 Å². The SMILES string of the molecule is CN(C)[C@H](CNC(=O)COc1ccccc1)c1ccc(C(C)(C)C)cc1. The van der Waals surface area contributed by atoms with Crippen LogP contribution in [-0.2, 0) is 10.2 Å². The Balaban J connectivity index is 1.92. The number of nitrogens with one attached hydrogen (secondary N) is 1. The van der Waals surface area contributed by atoms with E-state index in [1.54, 1.807) is 0 Å². The number of para-hydroxylation sites is 1. The zero-order chi connectivity index (χ0) is 19.2. The summed E-state index contributed by atoms with van der Waals surface area (Å²) in [5.41, 5.74) is 2.63. The highest BCUT2D eigenvalue weighted by Crippen LogP contribution is 2.25. The molecule has 0 spiro atoms. The highest BCUT2D eigenvalue weighted by Gasteiger charge is 2.18. The van der Waals surface area contributed by atoms with Gasteiger partial charge in [0.15, 0.2) is 6.61 Å². The molecule has 1 amide bonds. The van der Waals surface area contributed by atoms with Crippen LogP contribution in [-0.4, -0.2) is 38.1 Å².